The van der Waals surface area contributed by atoms with Gasteiger partial charge >= 0.3 is 6.09 Å². The van der Waals surface area contributed by atoms with Crippen LogP contribution in [0.15, 0.2) is 54.6 Å². The maximum Gasteiger partial charge on any atom is 0.405 e. The number of para-hydroxylation sites is 2. The minimum absolute atomic E-state index is 0.403. The summed E-state index contributed by atoms with van der Waals surface area (Å²) in [6.07, 6.45) is -2.41. The van der Waals surface area contributed by atoms with E-state index in [-0.39, 0.29) is 0 Å². The molecule has 2 aromatic rings. The lowest BCUT2D eigenvalue weighted by molar-refractivity contribution is -0.128. The normalized spacial score (nSPS) is 19.7. The molecule has 0 fully saturated rings. The number of ether oxygens (including phenoxy) is 2. The van der Waals surface area contributed by atoms with Crippen LogP contribution in [0.5, 0.6) is 5.75 Å². The number of nitrogens with two attached hydrogens (primary N) is 1. The van der Waals surface area contributed by atoms with Crippen LogP contribution in [-0.2, 0) is 16.0 Å². The summed E-state index contributed by atoms with van der Waals surface area (Å²) >= 11 is 0. The number of benzene rings is 2. The van der Waals surface area contributed by atoms with Crippen molar-refractivity contribution in [2.24, 2.45) is 5.73 Å². The van der Waals surface area contributed by atoms with E-state index in [1.54, 1.807) is 24.3 Å². The van der Waals surface area contributed by atoms with Crippen LogP contribution in [0.25, 0.3) is 0 Å². The molecule has 2 atom stereocenters. The number of carbonyl (C=O) groups excluding carboxylic acids is 2. The Kier molecular flexibility index (Phi) is 4.14. The zero-order chi connectivity index (χ0) is 16.2. The van der Waals surface area contributed by atoms with Crippen LogP contribution >= 0.6 is 0 Å². The summed E-state index contributed by atoms with van der Waals surface area (Å²) in [5.41, 5.74) is 6.59. The summed E-state index contributed by atoms with van der Waals surface area (Å²) in [6, 6.07) is 16.6. The fourth-order valence-electron chi connectivity index (χ4n) is 2.52. The Morgan fingerprint density at radius 2 is 1.83 bits per heavy atom. The molecule has 1 unspecified atom stereocenters. The minimum Gasteiger partial charge on any atom is -0.483 e. The number of amides is 2. The van der Waals surface area contributed by atoms with Crippen LogP contribution in [0.4, 0.5) is 10.5 Å². The predicted octanol–water partition coefficient (Wildman–Crippen LogP) is 2.09. The van der Waals surface area contributed by atoms with Crippen molar-refractivity contribution in [2.45, 2.75) is 18.6 Å². The molecule has 23 heavy (non-hydrogen) atoms. The minimum atomic E-state index is -1.12. The molecule has 6 heteroatoms. The van der Waals surface area contributed by atoms with Crippen LogP contribution in [0.2, 0.25) is 0 Å². The Morgan fingerprint density at radius 3 is 2.57 bits per heavy atom. The molecule has 0 spiro atoms. The lowest BCUT2D eigenvalue weighted by Crippen LogP contribution is -2.45. The molecule has 118 valence electrons. The van der Waals surface area contributed by atoms with Crippen LogP contribution in [-0.4, -0.2) is 24.2 Å². The highest BCUT2D eigenvalue weighted by molar-refractivity contribution is 5.97. The SMILES string of the molecule is NC(=O)OC1C(=O)Nc2ccccc2O[C@H]1Cc1ccccc1. The molecule has 2 aromatic carbocycles. The van der Waals surface area contributed by atoms with Crippen LogP contribution in [0.3, 0.4) is 0 Å². The zero-order valence-electron chi connectivity index (χ0n) is 12.3. The van der Waals surface area contributed by atoms with Gasteiger partial charge in [-0.15, -0.1) is 0 Å². The first-order chi connectivity index (χ1) is 11.1. The van der Waals surface area contributed by atoms with Crippen molar-refractivity contribution in [2.75, 3.05) is 5.32 Å². The van der Waals surface area contributed by atoms with Gasteiger partial charge in [0.1, 0.15) is 11.9 Å². The summed E-state index contributed by atoms with van der Waals surface area (Å²) in [5.74, 6) is 0.0621. The van der Waals surface area contributed by atoms with E-state index in [4.69, 9.17) is 15.2 Å². The van der Waals surface area contributed by atoms with E-state index in [9.17, 15) is 9.59 Å². The first-order valence-electron chi connectivity index (χ1n) is 7.20. The monoisotopic (exact) mass is 312 g/mol. The Hall–Kier alpha value is -3.02. The van der Waals surface area contributed by atoms with Gasteiger partial charge in [-0.1, -0.05) is 42.5 Å². The summed E-state index contributed by atoms with van der Waals surface area (Å²) in [6.45, 7) is 0. The maximum atomic E-state index is 12.4. The van der Waals surface area contributed by atoms with Gasteiger partial charge < -0.3 is 20.5 Å². The third-order valence-electron chi connectivity index (χ3n) is 3.54. The first-order valence-corrected chi connectivity index (χ1v) is 7.20. The van der Waals surface area contributed by atoms with Gasteiger partial charge in [-0.05, 0) is 17.7 Å². The number of anilines is 1. The molecule has 2 amide bonds. The summed E-state index contributed by atoms with van der Waals surface area (Å²) in [5, 5.41) is 2.70. The standard InChI is InChI=1S/C17H16N2O4/c18-17(21)23-15-14(10-11-6-2-1-3-7-11)22-13-9-5-4-8-12(13)19-16(15)20/h1-9,14-15H,10H2,(H2,18,21)(H,19,20)/t14-,15?/m0/s1. The molecular formula is C17H16N2O4. The van der Waals surface area contributed by atoms with E-state index in [1.807, 2.05) is 30.3 Å². The maximum absolute atomic E-state index is 12.4. The van der Waals surface area contributed by atoms with Crippen molar-refractivity contribution in [1.29, 1.82) is 0 Å². The second-order valence-electron chi connectivity index (χ2n) is 5.19. The molecule has 3 N–H and O–H groups in total. The highest BCUT2D eigenvalue weighted by Gasteiger charge is 2.36. The van der Waals surface area contributed by atoms with Crippen molar-refractivity contribution in [1.82, 2.24) is 0 Å². The molecular weight excluding hydrogens is 296 g/mol. The molecule has 1 heterocycles. The number of fused-ring (bicyclic) bond motifs is 1. The average molecular weight is 312 g/mol. The molecule has 1 aliphatic heterocycles. The van der Waals surface area contributed by atoms with Gasteiger partial charge in [-0.3, -0.25) is 4.79 Å². The average Bonchev–Trinajstić information content (AvgIpc) is 2.66. The molecule has 0 aromatic heterocycles. The molecule has 0 saturated carbocycles. The zero-order valence-corrected chi connectivity index (χ0v) is 12.3. The second kappa shape index (κ2) is 6.39. The summed E-state index contributed by atoms with van der Waals surface area (Å²) in [7, 11) is 0. The van der Waals surface area contributed by atoms with Crippen LogP contribution in [0, 0.1) is 0 Å². The van der Waals surface area contributed by atoms with Crippen molar-refractivity contribution in [3.8, 4) is 5.75 Å². The van der Waals surface area contributed by atoms with Gasteiger partial charge in [0.2, 0.25) is 6.10 Å². The van der Waals surface area contributed by atoms with Gasteiger partial charge in [0.15, 0.2) is 0 Å². The van der Waals surface area contributed by atoms with E-state index in [2.05, 4.69) is 5.32 Å². The third-order valence-corrected chi connectivity index (χ3v) is 3.54. The summed E-state index contributed by atoms with van der Waals surface area (Å²) in [4.78, 5) is 23.5. The number of nitrogens with one attached hydrogen (secondary N) is 1. The number of hydrogen-bond acceptors (Lipinski definition) is 4. The molecule has 0 radical (unpaired) electrons. The van der Waals surface area contributed by atoms with Gasteiger partial charge in [0.25, 0.3) is 5.91 Å². The molecule has 0 saturated heterocycles. The Labute approximate surface area is 133 Å². The van der Waals surface area contributed by atoms with E-state index in [0.29, 0.717) is 17.9 Å². The highest BCUT2D eigenvalue weighted by atomic mass is 16.6. The fourth-order valence-corrected chi connectivity index (χ4v) is 2.52. The molecule has 1 aliphatic rings. The molecule has 0 aliphatic carbocycles. The van der Waals surface area contributed by atoms with E-state index in [0.717, 1.165) is 5.56 Å². The lowest BCUT2D eigenvalue weighted by Gasteiger charge is -2.23. The van der Waals surface area contributed by atoms with Crippen molar-refractivity contribution < 1.29 is 19.1 Å². The lowest BCUT2D eigenvalue weighted by atomic mass is 10.0. The van der Waals surface area contributed by atoms with Crippen LogP contribution in [0.1, 0.15) is 5.56 Å². The second-order valence-corrected chi connectivity index (χ2v) is 5.19. The van der Waals surface area contributed by atoms with Gasteiger partial charge in [-0.25, -0.2) is 4.79 Å². The quantitative estimate of drug-likeness (QED) is 0.908. The van der Waals surface area contributed by atoms with Crippen LogP contribution < -0.4 is 15.8 Å². The molecule has 0 bridgehead atoms. The Balaban J connectivity index is 1.93. The Bertz CT molecular complexity index is 718. The third kappa shape index (κ3) is 3.42. The largest absolute Gasteiger partial charge is 0.483 e. The highest BCUT2D eigenvalue weighted by Crippen LogP contribution is 2.30. The van der Waals surface area contributed by atoms with Gasteiger partial charge in [-0.2, -0.15) is 0 Å². The van der Waals surface area contributed by atoms with E-state index < -0.39 is 24.2 Å². The van der Waals surface area contributed by atoms with Crippen molar-refractivity contribution >= 4 is 17.7 Å². The van der Waals surface area contributed by atoms with E-state index >= 15 is 0 Å². The smallest absolute Gasteiger partial charge is 0.405 e. The molecule has 6 nitrogen and oxygen atoms in total. The molecule has 3 rings (SSSR count). The van der Waals surface area contributed by atoms with Crippen molar-refractivity contribution in [3.63, 3.8) is 0 Å². The van der Waals surface area contributed by atoms with Gasteiger partial charge in [0, 0.05) is 6.42 Å². The predicted molar refractivity (Wildman–Crippen MR) is 84.1 cm³/mol. The number of primary amides is 1. The van der Waals surface area contributed by atoms with Gasteiger partial charge in [0.05, 0.1) is 5.69 Å². The summed E-state index contributed by atoms with van der Waals surface area (Å²) < 4.78 is 10.9. The Morgan fingerprint density at radius 1 is 1.13 bits per heavy atom. The van der Waals surface area contributed by atoms with E-state index in [1.165, 1.54) is 0 Å². The fraction of sp³-hybridized carbons (Fsp3) is 0.176. The topological polar surface area (TPSA) is 90.7 Å². The number of rotatable bonds is 3. The first kappa shape index (κ1) is 14.9. The number of carbonyl (C=O) groups is 2. The van der Waals surface area contributed by atoms with Crippen molar-refractivity contribution in [3.05, 3.63) is 60.2 Å². The number of hydrogen-bond donors (Lipinski definition) is 2.